The third kappa shape index (κ3) is 2.80. The van der Waals surface area contributed by atoms with Crippen molar-refractivity contribution in [2.24, 2.45) is 5.14 Å². The van der Waals surface area contributed by atoms with E-state index in [0.29, 0.717) is 11.3 Å². The Morgan fingerprint density at radius 2 is 1.82 bits per heavy atom. The lowest BCUT2D eigenvalue weighted by Gasteiger charge is -1.98. The molecule has 9 heteroatoms. The van der Waals surface area contributed by atoms with Crippen molar-refractivity contribution in [1.29, 1.82) is 0 Å². The summed E-state index contributed by atoms with van der Waals surface area (Å²) in [6.07, 6.45) is 0. The number of H-pyrrole nitrogens is 1. The van der Waals surface area contributed by atoms with Crippen LogP contribution in [0.4, 0.5) is 0 Å². The van der Waals surface area contributed by atoms with Gasteiger partial charge in [-0.3, -0.25) is 4.79 Å². The van der Waals surface area contributed by atoms with Crippen LogP contribution in [0.5, 0.6) is 0 Å². The van der Waals surface area contributed by atoms with E-state index in [1.54, 1.807) is 12.1 Å². The van der Waals surface area contributed by atoms with Crippen LogP contribution >= 0.6 is 0 Å². The molecule has 0 radical (unpaired) electrons. The van der Waals surface area contributed by atoms with Crippen molar-refractivity contribution in [2.45, 2.75) is 4.90 Å². The first-order valence-corrected chi connectivity index (χ1v) is 7.65. The van der Waals surface area contributed by atoms with Crippen LogP contribution in [0.15, 0.2) is 56.7 Å². The molecule has 8 nitrogen and oxygen atoms in total. The molecule has 3 aromatic rings. The van der Waals surface area contributed by atoms with Gasteiger partial charge in [-0.2, -0.15) is 4.98 Å². The summed E-state index contributed by atoms with van der Waals surface area (Å²) in [6.45, 7) is 0. The average Bonchev–Trinajstić information content (AvgIpc) is 2.96. The van der Waals surface area contributed by atoms with Crippen LogP contribution in [0, 0.1) is 0 Å². The molecular weight excluding hydrogens is 308 g/mol. The van der Waals surface area contributed by atoms with Crippen molar-refractivity contribution in [3.05, 3.63) is 52.8 Å². The second-order valence-corrected chi connectivity index (χ2v) is 5.98. The molecular formula is C13H10N4O4S. The van der Waals surface area contributed by atoms with Crippen LogP contribution in [0.25, 0.3) is 23.0 Å². The minimum atomic E-state index is -3.75. The predicted octanol–water partition coefficient (Wildman–Crippen LogP) is 0.739. The lowest BCUT2D eigenvalue weighted by atomic mass is 10.2. The van der Waals surface area contributed by atoms with Gasteiger partial charge in [0.25, 0.3) is 5.89 Å². The Hall–Kier alpha value is -2.78. The highest BCUT2D eigenvalue weighted by Crippen LogP contribution is 2.21. The summed E-state index contributed by atoms with van der Waals surface area (Å²) >= 11 is 0. The summed E-state index contributed by atoms with van der Waals surface area (Å²) < 4.78 is 27.5. The Labute approximate surface area is 124 Å². The summed E-state index contributed by atoms with van der Waals surface area (Å²) in [7, 11) is -3.75. The van der Waals surface area contributed by atoms with Crippen LogP contribution in [-0.4, -0.2) is 23.5 Å². The maximum Gasteiger partial charge on any atom is 0.274 e. The lowest BCUT2D eigenvalue weighted by molar-refractivity contribution is 0.431. The Balaban J connectivity index is 1.96. The molecule has 0 saturated carbocycles. The van der Waals surface area contributed by atoms with Gasteiger partial charge in [-0.25, -0.2) is 13.6 Å². The fourth-order valence-electron chi connectivity index (χ4n) is 1.82. The van der Waals surface area contributed by atoms with E-state index in [2.05, 4.69) is 15.1 Å². The van der Waals surface area contributed by atoms with E-state index in [-0.39, 0.29) is 22.2 Å². The predicted molar refractivity (Wildman–Crippen MR) is 77.2 cm³/mol. The molecule has 2 aromatic heterocycles. The van der Waals surface area contributed by atoms with E-state index < -0.39 is 10.0 Å². The van der Waals surface area contributed by atoms with Crippen molar-refractivity contribution in [1.82, 2.24) is 15.1 Å². The van der Waals surface area contributed by atoms with Crippen molar-refractivity contribution in [2.75, 3.05) is 0 Å². The van der Waals surface area contributed by atoms with Crippen molar-refractivity contribution < 1.29 is 12.9 Å². The minimum absolute atomic E-state index is 0.00708. The summed E-state index contributed by atoms with van der Waals surface area (Å²) in [5.74, 6) is 0.420. The Morgan fingerprint density at radius 1 is 1.09 bits per heavy atom. The van der Waals surface area contributed by atoms with Crippen molar-refractivity contribution in [3.8, 4) is 23.0 Å². The molecule has 0 saturated heterocycles. The number of hydrogen-bond donors (Lipinski definition) is 2. The lowest BCUT2D eigenvalue weighted by Crippen LogP contribution is -2.11. The third-order valence-corrected chi connectivity index (χ3v) is 3.80. The fraction of sp³-hybridized carbons (Fsp3) is 0. The molecule has 0 spiro atoms. The van der Waals surface area contributed by atoms with Gasteiger partial charge in [0, 0.05) is 11.6 Å². The maximum absolute atomic E-state index is 11.3. The summed E-state index contributed by atoms with van der Waals surface area (Å²) in [5, 5.41) is 8.82. The van der Waals surface area contributed by atoms with E-state index in [4.69, 9.17) is 9.66 Å². The zero-order valence-corrected chi connectivity index (χ0v) is 11.9. The number of benzene rings is 1. The standard InChI is InChI=1S/C13H10N4O4S/c14-22(19,20)9-6-4-8(5-7-9)12-16-13(21-17-12)10-2-1-3-11(18)15-10/h1-7H,(H,15,18)(H2,14,19,20). The largest absolute Gasteiger partial charge is 0.332 e. The SMILES string of the molecule is NS(=O)(=O)c1ccc(-c2noc(-c3cccc(=O)[nH]3)n2)cc1. The average molecular weight is 318 g/mol. The molecule has 0 bridgehead atoms. The first kappa shape index (κ1) is 14.2. The highest BCUT2D eigenvalue weighted by atomic mass is 32.2. The van der Waals surface area contributed by atoms with Gasteiger partial charge in [0.05, 0.1) is 4.90 Å². The number of nitrogens with two attached hydrogens (primary N) is 1. The minimum Gasteiger partial charge on any atom is -0.332 e. The Kier molecular flexibility index (Phi) is 3.35. The molecule has 0 aliphatic heterocycles. The highest BCUT2D eigenvalue weighted by Gasteiger charge is 2.13. The smallest absolute Gasteiger partial charge is 0.274 e. The van der Waals surface area contributed by atoms with Crippen LogP contribution in [0.2, 0.25) is 0 Å². The number of primary sulfonamides is 1. The summed E-state index contributed by atoms with van der Waals surface area (Å²) in [6, 6.07) is 10.3. The van der Waals surface area contributed by atoms with E-state index >= 15 is 0 Å². The number of sulfonamides is 1. The van der Waals surface area contributed by atoms with Gasteiger partial charge < -0.3 is 9.51 Å². The van der Waals surface area contributed by atoms with Crippen LogP contribution < -0.4 is 10.7 Å². The molecule has 2 heterocycles. The molecule has 0 unspecified atom stereocenters. The molecule has 0 amide bonds. The second-order valence-electron chi connectivity index (χ2n) is 4.42. The number of pyridine rings is 1. The van der Waals surface area contributed by atoms with Crippen LogP contribution in [0.3, 0.4) is 0 Å². The molecule has 0 aliphatic rings. The first-order valence-electron chi connectivity index (χ1n) is 6.10. The van der Waals surface area contributed by atoms with Crippen LogP contribution in [0.1, 0.15) is 0 Å². The normalized spacial score (nSPS) is 11.5. The molecule has 0 atom stereocenters. The van der Waals surface area contributed by atoms with E-state index in [9.17, 15) is 13.2 Å². The maximum atomic E-state index is 11.3. The molecule has 22 heavy (non-hydrogen) atoms. The highest BCUT2D eigenvalue weighted by molar-refractivity contribution is 7.89. The fourth-order valence-corrected chi connectivity index (χ4v) is 2.33. The summed E-state index contributed by atoms with van der Waals surface area (Å²) in [4.78, 5) is 18.0. The van der Waals surface area contributed by atoms with Gasteiger partial charge in [0.2, 0.25) is 21.4 Å². The van der Waals surface area contributed by atoms with Gasteiger partial charge in [0.1, 0.15) is 5.69 Å². The van der Waals surface area contributed by atoms with Gasteiger partial charge >= 0.3 is 0 Å². The third-order valence-electron chi connectivity index (χ3n) is 2.87. The van der Waals surface area contributed by atoms with E-state index in [1.807, 2.05) is 0 Å². The summed E-state index contributed by atoms with van der Waals surface area (Å²) in [5.41, 5.74) is 0.669. The zero-order valence-electron chi connectivity index (χ0n) is 11.1. The second kappa shape index (κ2) is 5.20. The van der Waals surface area contributed by atoms with E-state index in [1.165, 1.54) is 30.3 Å². The number of hydrogen-bond acceptors (Lipinski definition) is 6. The Morgan fingerprint density at radius 3 is 2.45 bits per heavy atom. The molecule has 3 rings (SSSR count). The molecule has 112 valence electrons. The number of nitrogens with one attached hydrogen (secondary N) is 1. The number of nitrogens with zero attached hydrogens (tertiary/aromatic N) is 2. The zero-order chi connectivity index (χ0) is 15.7. The number of aromatic nitrogens is 3. The molecule has 0 aliphatic carbocycles. The topological polar surface area (TPSA) is 132 Å². The monoisotopic (exact) mass is 318 g/mol. The molecule has 0 fully saturated rings. The number of aromatic amines is 1. The number of rotatable bonds is 3. The Bertz CT molecular complexity index is 974. The van der Waals surface area contributed by atoms with Gasteiger partial charge in [-0.05, 0) is 30.3 Å². The molecule has 1 aromatic carbocycles. The van der Waals surface area contributed by atoms with Crippen molar-refractivity contribution in [3.63, 3.8) is 0 Å². The van der Waals surface area contributed by atoms with Crippen LogP contribution in [-0.2, 0) is 10.0 Å². The van der Waals surface area contributed by atoms with E-state index in [0.717, 1.165) is 0 Å². The van der Waals surface area contributed by atoms with Crippen molar-refractivity contribution >= 4 is 10.0 Å². The first-order chi connectivity index (χ1) is 10.4. The molecule has 3 N–H and O–H groups in total. The quantitative estimate of drug-likeness (QED) is 0.732. The van der Waals surface area contributed by atoms with Gasteiger partial charge in [0.15, 0.2) is 0 Å². The van der Waals surface area contributed by atoms with Gasteiger partial charge in [-0.15, -0.1) is 0 Å². The van der Waals surface area contributed by atoms with Gasteiger partial charge in [-0.1, -0.05) is 11.2 Å².